The topological polar surface area (TPSA) is 67.8 Å². The van der Waals surface area contributed by atoms with Crippen molar-refractivity contribution in [3.63, 3.8) is 0 Å². The zero-order valence-corrected chi connectivity index (χ0v) is 10.7. The molecule has 0 saturated heterocycles. The summed E-state index contributed by atoms with van der Waals surface area (Å²) in [4.78, 5) is 11.0. The number of ether oxygens (including phenoxy) is 2. The predicted octanol–water partition coefficient (Wildman–Crippen LogP) is 0.660. The summed E-state index contributed by atoms with van der Waals surface area (Å²) in [5, 5.41) is 12.2. The maximum atomic E-state index is 11.0. The van der Waals surface area contributed by atoms with Crippen LogP contribution in [0.25, 0.3) is 0 Å². The summed E-state index contributed by atoms with van der Waals surface area (Å²) in [6.45, 7) is 6.89. The van der Waals surface area contributed by atoms with E-state index in [4.69, 9.17) is 9.47 Å². The Morgan fingerprint density at radius 1 is 1.44 bits per heavy atom. The van der Waals surface area contributed by atoms with Crippen molar-refractivity contribution in [2.45, 2.75) is 58.7 Å². The second-order valence-electron chi connectivity index (χ2n) is 3.93. The van der Waals surface area contributed by atoms with Gasteiger partial charge in [0.05, 0.1) is 12.2 Å². The minimum absolute atomic E-state index is 0.0139. The molecule has 16 heavy (non-hydrogen) atoms. The third-order valence-corrected chi connectivity index (χ3v) is 2.36. The summed E-state index contributed by atoms with van der Waals surface area (Å²) in [7, 11) is 1.49. The Labute approximate surface area is 97.1 Å². The number of rotatable bonds is 7. The van der Waals surface area contributed by atoms with E-state index in [-0.39, 0.29) is 12.0 Å². The highest BCUT2D eigenvalue weighted by Gasteiger charge is 2.28. The van der Waals surface area contributed by atoms with Gasteiger partial charge in [-0.15, -0.1) is 0 Å². The van der Waals surface area contributed by atoms with Crippen LogP contribution in [0, 0.1) is 0 Å². The first-order chi connectivity index (χ1) is 7.42. The monoisotopic (exact) mass is 233 g/mol. The molecule has 0 aliphatic heterocycles. The lowest BCUT2D eigenvalue weighted by molar-refractivity contribution is -0.182. The van der Waals surface area contributed by atoms with Gasteiger partial charge in [0.25, 0.3) is 0 Å². The van der Waals surface area contributed by atoms with E-state index in [2.05, 4.69) is 5.32 Å². The van der Waals surface area contributed by atoms with Crippen molar-refractivity contribution in [2.24, 2.45) is 0 Å². The number of aliphatic hydroxyl groups is 1. The van der Waals surface area contributed by atoms with Crippen molar-refractivity contribution in [3.8, 4) is 0 Å². The van der Waals surface area contributed by atoms with E-state index in [1.165, 1.54) is 14.0 Å². The van der Waals surface area contributed by atoms with Gasteiger partial charge in [-0.25, -0.2) is 0 Å². The molecule has 0 aliphatic carbocycles. The second-order valence-corrected chi connectivity index (χ2v) is 3.93. The number of carbonyl (C=O) groups is 1. The summed E-state index contributed by atoms with van der Waals surface area (Å²) in [5.74, 6) is -0.222. The fraction of sp³-hybridized carbons (Fsp3) is 0.909. The van der Waals surface area contributed by atoms with E-state index in [1.807, 2.05) is 13.8 Å². The summed E-state index contributed by atoms with van der Waals surface area (Å²) >= 11 is 0. The molecule has 5 heteroatoms. The van der Waals surface area contributed by atoms with Crippen LogP contribution in [-0.2, 0) is 14.3 Å². The third kappa shape index (κ3) is 5.44. The molecule has 2 N–H and O–H groups in total. The van der Waals surface area contributed by atoms with Crippen LogP contribution in [0.15, 0.2) is 0 Å². The first-order valence-corrected chi connectivity index (χ1v) is 5.55. The normalized spacial score (nSPS) is 18.6. The van der Waals surface area contributed by atoms with Gasteiger partial charge in [-0.05, 0) is 20.3 Å². The van der Waals surface area contributed by atoms with Crippen molar-refractivity contribution in [1.29, 1.82) is 0 Å². The Bertz CT molecular complexity index is 208. The fourth-order valence-corrected chi connectivity index (χ4v) is 1.26. The van der Waals surface area contributed by atoms with E-state index in [1.54, 1.807) is 6.92 Å². The van der Waals surface area contributed by atoms with Crippen LogP contribution in [0.2, 0.25) is 0 Å². The molecule has 1 amide bonds. The summed E-state index contributed by atoms with van der Waals surface area (Å²) in [6, 6.07) is -0.559. The van der Waals surface area contributed by atoms with Crippen LogP contribution in [0.1, 0.15) is 34.1 Å². The maximum absolute atomic E-state index is 11.0. The number of carbonyl (C=O) groups excluding carboxylic acids is 1. The average Bonchev–Trinajstić information content (AvgIpc) is 2.21. The van der Waals surface area contributed by atoms with Crippen molar-refractivity contribution < 1.29 is 19.4 Å². The van der Waals surface area contributed by atoms with Crippen LogP contribution >= 0.6 is 0 Å². The van der Waals surface area contributed by atoms with Gasteiger partial charge >= 0.3 is 0 Å². The first kappa shape index (κ1) is 15.3. The third-order valence-electron chi connectivity index (χ3n) is 2.36. The Morgan fingerprint density at radius 3 is 2.31 bits per heavy atom. The summed E-state index contributed by atoms with van der Waals surface area (Å²) in [5.41, 5.74) is 0. The molecule has 0 heterocycles. The molecule has 0 aliphatic rings. The van der Waals surface area contributed by atoms with Gasteiger partial charge in [0.15, 0.2) is 6.29 Å². The van der Waals surface area contributed by atoms with Gasteiger partial charge in [0.2, 0.25) is 5.91 Å². The number of methoxy groups -OCH3 is 1. The minimum Gasteiger partial charge on any atom is -0.391 e. The van der Waals surface area contributed by atoms with Gasteiger partial charge in [0.1, 0.15) is 6.04 Å². The molecular weight excluding hydrogens is 210 g/mol. The zero-order chi connectivity index (χ0) is 12.7. The average molecular weight is 233 g/mol. The first-order valence-electron chi connectivity index (χ1n) is 5.55. The van der Waals surface area contributed by atoms with Gasteiger partial charge in [-0.2, -0.15) is 0 Å². The molecule has 0 radical (unpaired) electrons. The van der Waals surface area contributed by atoms with Crippen molar-refractivity contribution in [2.75, 3.05) is 7.11 Å². The highest BCUT2D eigenvalue weighted by atomic mass is 16.7. The molecule has 5 nitrogen and oxygen atoms in total. The molecule has 0 rings (SSSR count). The van der Waals surface area contributed by atoms with E-state index >= 15 is 0 Å². The smallest absolute Gasteiger partial charge is 0.217 e. The number of nitrogens with one attached hydrogen (secondary N) is 1. The highest BCUT2D eigenvalue weighted by molar-refractivity contribution is 5.73. The Morgan fingerprint density at radius 2 is 2.00 bits per heavy atom. The fourth-order valence-electron chi connectivity index (χ4n) is 1.26. The lowest BCUT2D eigenvalue weighted by Crippen LogP contribution is -2.51. The molecular formula is C11H23NO4. The molecule has 96 valence electrons. The van der Waals surface area contributed by atoms with Crippen LogP contribution in [-0.4, -0.2) is 42.7 Å². The van der Waals surface area contributed by atoms with Crippen molar-refractivity contribution in [1.82, 2.24) is 5.32 Å². The Hall–Kier alpha value is -0.650. The second kappa shape index (κ2) is 7.60. The van der Waals surface area contributed by atoms with Crippen LogP contribution in [0.5, 0.6) is 0 Å². The highest BCUT2D eigenvalue weighted by Crippen LogP contribution is 2.10. The van der Waals surface area contributed by atoms with Gasteiger partial charge < -0.3 is 19.9 Å². The van der Waals surface area contributed by atoms with Gasteiger partial charge in [-0.1, -0.05) is 6.92 Å². The van der Waals surface area contributed by atoms with Crippen LogP contribution < -0.4 is 5.32 Å². The molecule has 0 aromatic carbocycles. The largest absolute Gasteiger partial charge is 0.391 e. The van der Waals surface area contributed by atoms with Crippen LogP contribution in [0.3, 0.4) is 0 Å². The summed E-state index contributed by atoms with van der Waals surface area (Å²) < 4.78 is 10.7. The molecule has 0 aromatic heterocycles. The number of aliphatic hydroxyl groups excluding tert-OH is 1. The minimum atomic E-state index is -0.738. The molecule has 0 spiro atoms. The predicted molar refractivity (Wildman–Crippen MR) is 60.9 cm³/mol. The maximum Gasteiger partial charge on any atom is 0.217 e. The quantitative estimate of drug-likeness (QED) is 0.634. The summed E-state index contributed by atoms with van der Waals surface area (Å²) in [6.07, 6.45) is -0.524. The van der Waals surface area contributed by atoms with E-state index in [0.29, 0.717) is 0 Å². The number of hydrogen-bond donors (Lipinski definition) is 2. The van der Waals surface area contributed by atoms with Gasteiger partial charge in [0, 0.05) is 14.0 Å². The SMILES string of the molecule is CCC(C)OC(OC)C(NC(C)=O)C(C)O. The standard InChI is InChI=1S/C11H23NO4/c1-6-7(2)16-11(15-5)10(8(3)13)12-9(4)14/h7-8,10-11,13H,6H2,1-5H3,(H,12,14). The Balaban J connectivity index is 4.51. The van der Waals surface area contributed by atoms with E-state index < -0.39 is 18.4 Å². The number of amides is 1. The molecule has 0 aromatic rings. The zero-order valence-electron chi connectivity index (χ0n) is 10.7. The lowest BCUT2D eigenvalue weighted by atomic mass is 10.1. The molecule has 0 bridgehead atoms. The lowest BCUT2D eigenvalue weighted by Gasteiger charge is -2.30. The molecule has 4 unspecified atom stereocenters. The molecule has 0 fully saturated rings. The molecule has 4 atom stereocenters. The van der Waals surface area contributed by atoms with Crippen molar-refractivity contribution >= 4 is 5.91 Å². The van der Waals surface area contributed by atoms with E-state index in [9.17, 15) is 9.90 Å². The molecule has 0 saturated carbocycles. The van der Waals surface area contributed by atoms with Gasteiger partial charge in [-0.3, -0.25) is 4.79 Å². The number of hydrogen-bond acceptors (Lipinski definition) is 4. The van der Waals surface area contributed by atoms with Crippen LogP contribution in [0.4, 0.5) is 0 Å². The van der Waals surface area contributed by atoms with Crippen molar-refractivity contribution in [3.05, 3.63) is 0 Å². The Kier molecular flexibility index (Phi) is 7.29. The van der Waals surface area contributed by atoms with E-state index in [0.717, 1.165) is 6.42 Å².